The molecule has 0 bridgehead atoms. The Labute approximate surface area is 146 Å². The Morgan fingerprint density at radius 2 is 1.84 bits per heavy atom. The van der Waals surface area contributed by atoms with E-state index in [1.54, 1.807) is 0 Å². The van der Waals surface area contributed by atoms with Gasteiger partial charge in [-0.3, -0.25) is 0 Å². The van der Waals surface area contributed by atoms with Gasteiger partial charge in [0.05, 0.1) is 0 Å². The molecule has 5 heteroatoms. The summed E-state index contributed by atoms with van der Waals surface area (Å²) in [5.74, 6) is -0.231. The maximum absolute atomic E-state index is 11.5. The molecular formula is C20H19N3O2. The average molecular weight is 333 g/mol. The quantitative estimate of drug-likeness (QED) is 0.736. The Morgan fingerprint density at radius 3 is 2.52 bits per heavy atom. The van der Waals surface area contributed by atoms with Crippen LogP contribution in [0.15, 0.2) is 54.7 Å². The first-order valence-electron chi connectivity index (χ1n) is 8.00. The molecule has 2 aromatic carbocycles. The van der Waals surface area contributed by atoms with Crippen LogP contribution in [0.5, 0.6) is 0 Å². The van der Waals surface area contributed by atoms with Crippen molar-refractivity contribution in [2.45, 2.75) is 20.4 Å². The highest BCUT2D eigenvalue weighted by Gasteiger charge is 2.14. The minimum Gasteiger partial charge on any atom is -0.477 e. The van der Waals surface area contributed by atoms with Crippen molar-refractivity contribution in [1.29, 1.82) is 0 Å². The largest absolute Gasteiger partial charge is 0.477 e. The second kappa shape index (κ2) is 7.13. The van der Waals surface area contributed by atoms with Gasteiger partial charge in [-0.15, -0.1) is 0 Å². The number of rotatable bonds is 5. The van der Waals surface area contributed by atoms with Crippen LogP contribution in [0.25, 0.3) is 11.4 Å². The number of aromatic nitrogens is 2. The molecule has 1 heterocycles. The number of carbonyl (C=O) groups is 1. The van der Waals surface area contributed by atoms with Gasteiger partial charge in [0, 0.05) is 18.3 Å². The van der Waals surface area contributed by atoms with Gasteiger partial charge in [-0.2, -0.15) is 0 Å². The van der Waals surface area contributed by atoms with Crippen LogP contribution in [0.3, 0.4) is 0 Å². The summed E-state index contributed by atoms with van der Waals surface area (Å²) < 4.78 is 0. The molecule has 0 radical (unpaired) electrons. The predicted molar refractivity (Wildman–Crippen MR) is 97.7 cm³/mol. The molecule has 25 heavy (non-hydrogen) atoms. The standard InChI is InChI=1S/C20H19N3O2/c1-13-8-9-16(10-14(13)2)18-22-12-17(20(24)25)19(23-18)21-11-15-6-4-3-5-7-15/h3-10,12H,11H2,1-2H3,(H,24,25)(H,21,22,23). The van der Waals surface area contributed by atoms with E-state index in [2.05, 4.69) is 15.3 Å². The zero-order valence-electron chi connectivity index (χ0n) is 14.2. The summed E-state index contributed by atoms with van der Waals surface area (Å²) in [7, 11) is 0. The van der Waals surface area contributed by atoms with E-state index in [-0.39, 0.29) is 5.56 Å². The zero-order chi connectivity index (χ0) is 17.8. The topological polar surface area (TPSA) is 75.1 Å². The third kappa shape index (κ3) is 3.83. The summed E-state index contributed by atoms with van der Waals surface area (Å²) in [5.41, 5.74) is 4.30. The molecule has 2 N–H and O–H groups in total. The smallest absolute Gasteiger partial charge is 0.341 e. The molecule has 0 atom stereocenters. The fourth-order valence-corrected chi connectivity index (χ4v) is 2.47. The molecule has 0 amide bonds. The van der Waals surface area contributed by atoms with Gasteiger partial charge in [0.1, 0.15) is 11.4 Å². The molecule has 1 aromatic heterocycles. The Kier molecular flexibility index (Phi) is 4.75. The molecule has 0 aliphatic heterocycles. The summed E-state index contributed by atoms with van der Waals surface area (Å²) in [6.07, 6.45) is 1.35. The van der Waals surface area contributed by atoms with Crippen LogP contribution in [-0.2, 0) is 6.54 Å². The molecular weight excluding hydrogens is 314 g/mol. The van der Waals surface area contributed by atoms with Crippen LogP contribution in [0, 0.1) is 13.8 Å². The maximum Gasteiger partial charge on any atom is 0.341 e. The lowest BCUT2D eigenvalue weighted by atomic mass is 10.1. The zero-order valence-corrected chi connectivity index (χ0v) is 14.2. The predicted octanol–water partition coefficient (Wildman–Crippen LogP) is 4.07. The third-order valence-corrected chi connectivity index (χ3v) is 4.09. The second-order valence-electron chi connectivity index (χ2n) is 5.90. The Balaban J connectivity index is 1.94. The third-order valence-electron chi connectivity index (χ3n) is 4.09. The van der Waals surface area contributed by atoms with Crippen molar-refractivity contribution >= 4 is 11.8 Å². The Hall–Kier alpha value is -3.21. The Bertz CT molecular complexity index is 908. The van der Waals surface area contributed by atoms with E-state index in [1.165, 1.54) is 11.8 Å². The molecule has 0 aliphatic rings. The van der Waals surface area contributed by atoms with Crippen molar-refractivity contribution in [3.05, 3.63) is 77.0 Å². The minimum atomic E-state index is -1.05. The molecule has 3 aromatic rings. The molecule has 0 saturated heterocycles. The number of aromatic carboxylic acids is 1. The number of hydrogen-bond donors (Lipinski definition) is 2. The highest BCUT2D eigenvalue weighted by Crippen LogP contribution is 2.22. The lowest BCUT2D eigenvalue weighted by molar-refractivity contribution is 0.0697. The lowest BCUT2D eigenvalue weighted by Gasteiger charge is -2.11. The first-order valence-corrected chi connectivity index (χ1v) is 8.00. The van der Waals surface area contributed by atoms with E-state index in [0.717, 1.165) is 16.7 Å². The molecule has 0 aliphatic carbocycles. The molecule has 0 saturated carbocycles. The van der Waals surface area contributed by atoms with Gasteiger partial charge in [-0.05, 0) is 36.6 Å². The summed E-state index contributed by atoms with van der Waals surface area (Å²) in [4.78, 5) is 20.1. The number of anilines is 1. The van der Waals surface area contributed by atoms with Gasteiger partial charge < -0.3 is 10.4 Å². The second-order valence-corrected chi connectivity index (χ2v) is 5.90. The molecule has 0 spiro atoms. The number of carboxylic acid groups (broad SMARTS) is 1. The van der Waals surface area contributed by atoms with E-state index < -0.39 is 5.97 Å². The van der Waals surface area contributed by atoms with Crippen LogP contribution in [-0.4, -0.2) is 21.0 Å². The molecule has 3 rings (SSSR count). The fourth-order valence-electron chi connectivity index (χ4n) is 2.47. The van der Waals surface area contributed by atoms with Gasteiger partial charge in [-0.1, -0.05) is 42.5 Å². The lowest BCUT2D eigenvalue weighted by Crippen LogP contribution is -2.10. The van der Waals surface area contributed by atoms with Crippen LogP contribution in [0.2, 0.25) is 0 Å². The van der Waals surface area contributed by atoms with Crippen LogP contribution in [0.4, 0.5) is 5.82 Å². The SMILES string of the molecule is Cc1ccc(-c2ncc(C(=O)O)c(NCc3ccccc3)n2)cc1C. The molecule has 5 nitrogen and oxygen atoms in total. The normalized spacial score (nSPS) is 10.5. The van der Waals surface area contributed by atoms with Crippen molar-refractivity contribution in [3.8, 4) is 11.4 Å². The van der Waals surface area contributed by atoms with Crippen molar-refractivity contribution in [2.24, 2.45) is 0 Å². The van der Waals surface area contributed by atoms with Crippen molar-refractivity contribution < 1.29 is 9.90 Å². The fraction of sp³-hybridized carbons (Fsp3) is 0.150. The van der Waals surface area contributed by atoms with Crippen LogP contribution in [0.1, 0.15) is 27.0 Å². The number of nitrogens with zero attached hydrogens (tertiary/aromatic N) is 2. The first-order chi connectivity index (χ1) is 12.0. The first kappa shape index (κ1) is 16.6. The van der Waals surface area contributed by atoms with Gasteiger partial charge in [-0.25, -0.2) is 14.8 Å². The van der Waals surface area contributed by atoms with Gasteiger partial charge in [0.2, 0.25) is 0 Å². The molecule has 126 valence electrons. The number of hydrogen-bond acceptors (Lipinski definition) is 4. The summed E-state index contributed by atoms with van der Waals surface area (Å²) in [5, 5.41) is 12.5. The summed E-state index contributed by atoms with van der Waals surface area (Å²) in [6, 6.07) is 15.7. The summed E-state index contributed by atoms with van der Waals surface area (Å²) >= 11 is 0. The van der Waals surface area contributed by atoms with E-state index >= 15 is 0 Å². The number of aryl methyl sites for hydroxylation is 2. The monoisotopic (exact) mass is 333 g/mol. The number of nitrogens with one attached hydrogen (secondary N) is 1. The van der Waals surface area contributed by atoms with Gasteiger partial charge in [0.25, 0.3) is 0 Å². The highest BCUT2D eigenvalue weighted by atomic mass is 16.4. The van der Waals surface area contributed by atoms with E-state index in [1.807, 2.05) is 62.4 Å². The van der Waals surface area contributed by atoms with E-state index in [4.69, 9.17) is 0 Å². The van der Waals surface area contributed by atoms with Gasteiger partial charge in [0.15, 0.2) is 5.82 Å². The van der Waals surface area contributed by atoms with Crippen LogP contribution < -0.4 is 5.32 Å². The number of carboxylic acids is 1. The molecule has 0 fully saturated rings. The maximum atomic E-state index is 11.5. The van der Waals surface area contributed by atoms with E-state index in [9.17, 15) is 9.90 Å². The highest BCUT2D eigenvalue weighted by molar-refractivity contribution is 5.93. The van der Waals surface area contributed by atoms with Crippen molar-refractivity contribution in [1.82, 2.24) is 9.97 Å². The van der Waals surface area contributed by atoms with Crippen molar-refractivity contribution in [2.75, 3.05) is 5.32 Å². The molecule has 0 unspecified atom stereocenters. The summed E-state index contributed by atoms with van der Waals surface area (Å²) in [6.45, 7) is 4.56. The van der Waals surface area contributed by atoms with Gasteiger partial charge >= 0.3 is 5.97 Å². The number of benzene rings is 2. The Morgan fingerprint density at radius 1 is 1.08 bits per heavy atom. The van der Waals surface area contributed by atoms with Crippen LogP contribution >= 0.6 is 0 Å². The van der Waals surface area contributed by atoms with Crippen molar-refractivity contribution in [3.63, 3.8) is 0 Å². The minimum absolute atomic E-state index is 0.0588. The van der Waals surface area contributed by atoms with E-state index in [0.29, 0.717) is 18.2 Å². The average Bonchev–Trinajstić information content (AvgIpc) is 2.63.